The van der Waals surface area contributed by atoms with Gasteiger partial charge in [0.05, 0.1) is 10.6 Å². The Morgan fingerprint density at radius 2 is 1.88 bits per heavy atom. The zero-order valence-corrected chi connectivity index (χ0v) is 15.3. The molecule has 0 radical (unpaired) electrons. The number of non-ortho nitro benzene ring substituents is 1. The molecule has 0 aliphatic heterocycles. The normalized spacial score (nSPS) is 11.0. The summed E-state index contributed by atoms with van der Waals surface area (Å²) in [4.78, 5) is 28.7. The first-order valence-corrected chi connectivity index (χ1v) is 8.04. The number of nitro groups is 1. The Morgan fingerprint density at radius 3 is 2.46 bits per heavy atom. The van der Waals surface area contributed by atoms with Crippen LogP contribution in [0.4, 0.5) is 5.69 Å². The van der Waals surface area contributed by atoms with Crippen LogP contribution in [0.3, 0.4) is 0 Å². The van der Waals surface area contributed by atoms with Gasteiger partial charge in [0.25, 0.3) is 11.6 Å². The summed E-state index contributed by atoms with van der Waals surface area (Å²) in [6.45, 7) is 5.56. The molecule has 0 atom stereocenters. The number of benzene rings is 1. The number of aromatic nitrogens is 3. The summed E-state index contributed by atoms with van der Waals surface area (Å²) in [5.41, 5.74) is 4.86. The number of carbonyl (C=O) groups excluding carboxylic acids is 1. The summed E-state index contributed by atoms with van der Waals surface area (Å²) in [6.07, 6.45) is 0. The third-order valence-electron chi connectivity index (χ3n) is 4.30. The first-order valence-electron chi connectivity index (χ1n) is 8.04. The van der Waals surface area contributed by atoms with Gasteiger partial charge < -0.3 is 4.90 Å². The maximum absolute atomic E-state index is 12.3. The van der Waals surface area contributed by atoms with Crippen molar-refractivity contribution in [3.8, 4) is 11.3 Å². The van der Waals surface area contributed by atoms with Crippen LogP contribution in [0, 0.1) is 30.9 Å². The molecule has 3 aromatic rings. The molecule has 0 aliphatic carbocycles. The molecule has 0 saturated heterocycles. The van der Waals surface area contributed by atoms with E-state index in [1.54, 1.807) is 30.7 Å². The monoisotopic (exact) mass is 353 g/mol. The van der Waals surface area contributed by atoms with Crippen LogP contribution >= 0.6 is 0 Å². The Morgan fingerprint density at radius 1 is 1.19 bits per heavy atom. The molecule has 8 heteroatoms. The molecule has 0 spiro atoms. The van der Waals surface area contributed by atoms with Gasteiger partial charge >= 0.3 is 0 Å². The summed E-state index contributed by atoms with van der Waals surface area (Å²) >= 11 is 0. The van der Waals surface area contributed by atoms with E-state index in [1.807, 2.05) is 20.8 Å². The standard InChI is InChI=1S/C18H19N5O3/c1-10-8-13(23(25)26)6-7-14(10)16-12(3)17-19-15(18(24)21(4)5)9-11(2)22(17)20-16/h6-9H,1-5H3. The Bertz CT molecular complexity index is 1050. The number of rotatable bonds is 3. The molecular weight excluding hydrogens is 334 g/mol. The van der Waals surface area contributed by atoms with Gasteiger partial charge in [-0.2, -0.15) is 5.10 Å². The lowest BCUT2D eigenvalue weighted by atomic mass is 10.0. The fourth-order valence-electron chi connectivity index (χ4n) is 2.89. The molecule has 26 heavy (non-hydrogen) atoms. The van der Waals surface area contributed by atoms with Gasteiger partial charge in [-0.3, -0.25) is 14.9 Å². The maximum atomic E-state index is 12.3. The predicted molar refractivity (Wildman–Crippen MR) is 97.3 cm³/mol. The molecular formula is C18H19N5O3. The molecule has 8 nitrogen and oxygen atoms in total. The van der Waals surface area contributed by atoms with Gasteiger partial charge in [0.1, 0.15) is 5.69 Å². The molecule has 0 N–H and O–H groups in total. The molecule has 1 aromatic carbocycles. The summed E-state index contributed by atoms with van der Waals surface area (Å²) in [6, 6.07) is 6.39. The van der Waals surface area contributed by atoms with E-state index in [2.05, 4.69) is 10.1 Å². The van der Waals surface area contributed by atoms with E-state index in [-0.39, 0.29) is 11.6 Å². The van der Waals surface area contributed by atoms with E-state index in [0.717, 1.165) is 22.4 Å². The van der Waals surface area contributed by atoms with Crippen molar-refractivity contribution in [2.45, 2.75) is 20.8 Å². The lowest BCUT2D eigenvalue weighted by Crippen LogP contribution is -2.23. The molecule has 2 aromatic heterocycles. The number of aryl methyl sites for hydroxylation is 3. The van der Waals surface area contributed by atoms with Crippen LogP contribution in [0.2, 0.25) is 0 Å². The van der Waals surface area contributed by atoms with Crippen LogP contribution in [0.25, 0.3) is 16.9 Å². The number of carbonyl (C=O) groups is 1. The van der Waals surface area contributed by atoms with Crippen molar-refractivity contribution in [2.24, 2.45) is 0 Å². The highest BCUT2D eigenvalue weighted by atomic mass is 16.6. The van der Waals surface area contributed by atoms with Crippen molar-refractivity contribution >= 4 is 17.2 Å². The second kappa shape index (κ2) is 6.21. The molecule has 0 bridgehead atoms. The summed E-state index contributed by atoms with van der Waals surface area (Å²) < 4.78 is 1.69. The molecule has 1 amide bonds. The Labute approximate surface area is 150 Å². The van der Waals surface area contributed by atoms with Gasteiger partial charge in [-0.05, 0) is 38.5 Å². The number of fused-ring (bicyclic) bond motifs is 1. The van der Waals surface area contributed by atoms with E-state index in [0.29, 0.717) is 17.0 Å². The van der Waals surface area contributed by atoms with Crippen molar-refractivity contribution in [1.82, 2.24) is 19.5 Å². The molecule has 0 aliphatic rings. The van der Waals surface area contributed by atoms with E-state index >= 15 is 0 Å². The summed E-state index contributed by atoms with van der Waals surface area (Å²) in [5.74, 6) is -0.177. The second-order valence-electron chi connectivity index (χ2n) is 6.45. The molecule has 0 fully saturated rings. The highest BCUT2D eigenvalue weighted by Gasteiger charge is 2.19. The maximum Gasteiger partial charge on any atom is 0.272 e. The van der Waals surface area contributed by atoms with Crippen LogP contribution in [0.15, 0.2) is 24.3 Å². The van der Waals surface area contributed by atoms with E-state index in [9.17, 15) is 14.9 Å². The lowest BCUT2D eigenvalue weighted by molar-refractivity contribution is -0.384. The smallest absolute Gasteiger partial charge is 0.272 e. The quantitative estimate of drug-likeness (QED) is 0.533. The average Bonchev–Trinajstić information content (AvgIpc) is 2.91. The van der Waals surface area contributed by atoms with Crippen LogP contribution in [-0.2, 0) is 0 Å². The molecule has 0 saturated carbocycles. The van der Waals surface area contributed by atoms with Gasteiger partial charge in [-0.25, -0.2) is 9.50 Å². The summed E-state index contributed by atoms with van der Waals surface area (Å²) in [7, 11) is 3.36. The number of hydrogen-bond acceptors (Lipinski definition) is 5. The highest BCUT2D eigenvalue weighted by molar-refractivity contribution is 5.92. The van der Waals surface area contributed by atoms with Gasteiger partial charge in [-0.1, -0.05) is 0 Å². The van der Waals surface area contributed by atoms with Crippen LogP contribution in [-0.4, -0.2) is 44.4 Å². The summed E-state index contributed by atoms with van der Waals surface area (Å²) in [5, 5.41) is 15.6. The van der Waals surface area contributed by atoms with Gasteiger partial charge in [0.2, 0.25) is 0 Å². The fourth-order valence-corrected chi connectivity index (χ4v) is 2.89. The van der Waals surface area contributed by atoms with Crippen molar-refractivity contribution in [1.29, 1.82) is 0 Å². The van der Waals surface area contributed by atoms with E-state index in [1.165, 1.54) is 17.0 Å². The SMILES string of the molecule is Cc1cc([N+](=O)[O-])ccc1-c1nn2c(C)cc(C(=O)N(C)C)nc2c1C. The third-order valence-corrected chi connectivity index (χ3v) is 4.30. The average molecular weight is 353 g/mol. The molecule has 3 rings (SSSR count). The van der Waals surface area contributed by atoms with Crippen molar-refractivity contribution < 1.29 is 9.72 Å². The molecule has 2 heterocycles. The van der Waals surface area contributed by atoms with Crippen LogP contribution in [0.1, 0.15) is 27.3 Å². The van der Waals surface area contributed by atoms with Gasteiger partial charge in [0, 0.05) is 43.0 Å². The van der Waals surface area contributed by atoms with Crippen molar-refractivity contribution in [3.63, 3.8) is 0 Å². The second-order valence-corrected chi connectivity index (χ2v) is 6.45. The first kappa shape index (κ1) is 17.5. The zero-order chi connectivity index (χ0) is 19.2. The zero-order valence-electron chi connectivity index (χ0n) is 15.3. The third kappa shape index (κ3) is 2.79. The Kier molecular flexibility index (Phi) is 4.19. The highest BCUT2D eigenvalue weighted by Crippen LogP contribution is 2.30. The number of nitrogens with zero attached hydrogens (tertiary/aromatic N) is 5. The van der Waals surface area contributed by atoms with Crippen molar-refractivity contribution in [3.05, 3.63) is 56.9 Å². The fraction of sp³-hybridized carbons (Fsp3) is 0.278. The Balaban J connectivity index is 2.20. The minimum Gasteiger partial charge on any atom is -0.343 e. The minimum absolute atomic E-state index is 0.0424. The molecule has 0 unspecified atom stereocenters. The van der Waals surface area contributed by atoms with E-state index < -0.39 is 4.92 Å². The van der Waals surface area contributed by atoms with Crippen LogP contribution in [0.5, 0.6) is 0 Å². The number of nitro benzene ring substituents is 1. The lowest BCUT2D eigenvalue weighted by Gasteiger charge is -2.10. The first-order chi connectivity index (χ1) is 12.2. The van der Waals surface area contributed by atoms with Crippen molar-refractivity contribution in [2.75, 3.05) is 14.1 Å². The van der Waals surface area contributed by atoms with E-state index in [4.69, 9.17) is 0 Å². The largest absolute Gasteiger partial charge is 0.343 e. The Hall–Kier alpha value is -3.29. The minimum atomic E-state index is -0.419. The number of amides is 1. The predicted octanol–water partition coefficient (Wildman–Crippen LogP) is 2.93. The number of hydrogen-bond donors (Lipinski definition) is 0. The van der Waals surface area contributed by atoms with Gasteiger partial charge in [0.15, 0.2) is 5.65 Å². The van der Waals surface area contributed by atoms with Crippen LogP contribution < -0.4 is 0 Å². The van der Waals surface area contributed by atoms with Gasteiger partial charge in [-0.15, -0.1) is 0 Å². The topological polar surface area (TPSA) is 93.6 Å². The molecule has 134 valence electrons.